The summed E-state index contributed by atoms with van der Waals surface area (Å²) in [6.07, 6.45) is 1.07. The van der Waals surface area contributed by atoms with E-state index in [4.69, 9.17) is 4.74 Å². The summed E-state index contributed by atoms with van der Waals surface area (Å²) in [4.78, 5) is 0. The molecule has 11 heavy (non-hydrogen) atoms. The van der Waals surface area contributed by atoms with Crippen LogP contribution in [-0.2, 0) is 6.42 Å². The van der Waals surface area contributed by atoms with Crippen molar-refractivity contribution in [3.05, 3.63) is 29.3 Å². The minimum Gasteiger partial charge on any atom is -0.496 e. The van der Waals surface area contributed by atoms with E-state index in [1.165, 1.54) is 11.1 Å². The van der Waals surface area contributed by atoms with Gasteiger partial charge in [-0.05, 0) is 30.5 Å². The predicted octanol–water partition coefficient (Wildman–Crippen LogP) is 2.57. The molecular formula is C10H14O. The second-order valence-electron chi connectivity index (χ2n) is 2.60. The highest BCUT2D eigenvalue weighted by atomic mass is 16.5. The minimum atomic E-state index is 0.990. The number of hydrogen-bond acceptors (Lipinski definition) is 1. The highest BCUT2D eigenvalue weighted by molar-refractivity contribution is 5.38. The summed E-state index contributed by atoms with van der Waals surface area (Å²) in [5, 5.41) is 0. The lowest BCUT2D eigenvalue weighted by atomic mass is 10.1. The molecule has 0 fully saturated rings. The molecule has 0 N–H and O–H groups in total. The fourth-order valence-corrected chi connectivity index (χ4v) is 1.26. The molecule has 1 rings (SSSR count). The van der Waals surface area contributed by atoms with Crippen LogP contribution in [0.1, 0.15) is 18.1 Å². The molecule has 0 unspecified atom stereocenters. The summed E-state index contributed by atoms with van der Waals surface area (Å²) in [5.41, 5.74) is 2.63. The van der Waals surface area contributed by atoms with Crippen LogP contribution in [0.2, 0.25) is 0 Å². The largest absolute Gasteiger partial charge is 0.496 e. The van der Waals surface area contributed by atoms with Gasteiger partial charge in [0, 0.05) is 0 Å². The summed E-state index contributed by atoms with van der Waals surface area (Å²) in [6.45, 7) is 4.25. The Hall–Kier alpha value is -0.980. The Morgan fingerprint density at radius 2 is 2.09 bits per heavy atom. The van der Waals surface area contributed by atoms with E-state index in [1.54, 1.807) is 7.11 Å². The first-order valence-electron chi connectivity index (χ1n) is 3.92. The van der Waals surface area contributed by atoms with Crippen LogP contribution in [0.4, 0.5) is 0 Å². The molecule has 0 radical (unpaired) electrons. The summed E-state index contributed by atoms with van der Waals surface area (Å²) in [5.74, 6) is 0.990. The SMILES string of the molecule is CCc1cccc(OC)c1C. The number of methoxy groups -OCH3 is 1. The topological polar surface area (TPSA) is 9.23 Å². The Morgan fingerprint density at radius 3 is 2.64 bits per heavy atom. The third-order valence-electron chi connectivity index (χ3n) is 2.00. The molecule has 0 aliphatic rings. The van der Waals surface area contributed by atoms with Crippen molar-refractivity contribution >= 4 is 0 Å². The van der Waals surface area contributed by atoms with E-state index in [9.17, 15) is 0 Å². The van der Waals surface area contributed by atoms with Gasteiger partial charge in [0.15, 0.2) is 0 Å². The van der Waals surface area contributed by atoms with E-state index >= 15 is 0 Å². The molecular weight excluding hydrogens is 136 g/mol. The second kappa shape index (κ2) is 3.42. The molecule has 0 aliphatic heterocycles. The van der Waals surface area contributed by atoms with E-state index in [2.05, 4.69) is 19.9 Å². The predicted molar refractivity (Wildman–Crippen MR) is 47.1 cm³/mol. The quantitative estimate of drug-likeness (QED) is 0.629. The van der Waals surface area contributed by atoms with Gasteiger partial charge in [-0.1, -0.05) is 19.1 Å². The number of hydrogen-bond donors (Lipinski definition) is 0. The smallest absolute Gasteiger partial charge is 0.122 e. The van der Waals surface area contributed by atoms with Gasteiger partial charge < -0.3 is 4.74 Å². The minimum absolute atomic E-state index is 0.990. The zero-order chi connectivity index (χ0) is 8.27. The number of ether oxygens (including phenoxy) is 1. The Bertz CT molecular complexity index is 218. The molecule has 0 saturated carbocycles. The standard InChI is InChI=1S/C10H14O/c1-4-9-6-5-7-10(11-3)8(9)2/h5-7H,4H2,1-3H3. The van der Waals surface area contributed by atoms with E-state index in [0.29, 0.717) is 0 Å². The maximum absolute atomic E-state index is 5.19. The molecule has 1 aromatic carbocycles. The van der Waals surface area contributed by atoms with Crippen LogP contribution in [0, 0.1) is 6.92 Å². The molecule has 1 nitrogen and oxygen atoms in total. The van der Waals surface area contributed by atoms with Gasteiger partial charge in [0.05, 0.1) is 7.11 Å². The molecule has 60 valence electrons. The fraction of sp³-hybridized carbons (Fsp3) is 0.400. The van der Waals surface area contributed by atoms with Gasteiger partial charge in [0.1, 0.15) is 5.75 Å². The average Bonchev–Trinajstić information content (AvgIpc) is 2.05. The Morgan fingerprint density at radius 1 is 1.36 bits per heavy atom. The summed E-state index contributed by atoms with van der Waals surface area (Å²) < 4.78 is 5.19. The Kier molecular flexibility index (Phi) is 2.53. The zero-order valence-corrected chi connectivity index (χ0v) is 7.35. The molecule has 0 spiro atoms. The lowest BCUT2D eigenvalue weighted by Crippen LogP contribution is -1.91. The van der Waals surface area contributed by atoms with Crippen molar-refractivity contribution in [2.45, 2.75) is 20.3 Å². The van der Waals surface area contributed by atoms with Gasteiger partial charge in [-0.2, -0.15) is 0 Å². The molecule has 1 heteroatoms. The van der Waals surface area contributed by atoms with E-state index in [0.717, 1.165) is 12.2 Å². The zero-order valence-electron chi connectivity index (χ0n) is 7.35. The molecule has 0 bridgehead atoms. The average molecular weight is 150 g/mol. The highest BCUT2D eigenvalue weighted by Gasteiger charge is 2.00. The van der Waals surface area contributed by atoms with Crippen LogP contribution >= 0.6 is 0 Å². The molecule has 0 atom stereocenters. The van der Waals surface area contributed by atoms with Crippen LogP contribution in [0.3, 0.4) is 0 Å². The van der Waals surface area contributed by atoms with Crippen molar-refractivity contribution < 1.29 is 4.74 Å². The molecule has 0 aromatic heterocycles. The molecule has 0 aliphatic carbocycles. The maximum atomic E-state index is 5.19. The third kappa shape index (κ3) is 1.53. The molecule has 0 amide bonds. The second-order valence-corrected chi connectivity index (χ2v) is 2.60. The lowest BCUT2D eigenvalue weighted by Gasteiger charge is -2.07. The first-order chi connectivity index (χ1) is 5.29. The number of benzene rings is 1. The first kappa shape index (κ1) is 8.12. The van der Waals surface area contributed by atoms with Crippen LogP contribution < -0.4 is 4.74 Å². The van der Waals surface area contributed by atoms with Gasteiger partial charge in [-0.3, -0.25) is 0 Å². The molecule has 0 saturated heterocycles. The summed E-state index contributed by atoms with van der Waals surface area (Å²) in [6, 6.07) is 6.16. The molecule has 0 heterocycles. The number of aryl methyl sites for hydroxylation is 1. The van der Waals surface area contributed by atoms with Crippen molar-refractivity contribution in [2.24, 2.45) is 0 Å². The van der Waals surface area contributed by atoms with Crippen LogP contribution in [-0.4, -0.2) is 7.11 Å². The highest BCUT2D eigenvalue weighted by Crippen LogP contribution is 2.20. The first-order valence-corrected chi connectivity index (χ1v) is 3.92. The van der Waals surface area contributed by atoms with Crippen LogP contribution in [0.15, 0.2) is 18.2 Å². The van der Waals surface area contributed by atoms with Crippen LogP contribution in [0.25, 0.3) is 0 Å². The van der Waals surface area contributed by atoms with Crippen molar-refractivity contribution in [3.8, 4) is 5.75 Å². The van der Waals surface area contributed by atoms with E-state index in [1.807, 2.05) is 12.1 Å². The van der Waals surface area contributed by atoms with Crippen molar-refractivity contribution in [1.29, 1.82) is 0 Å². The van der Waals surface area contributed by atoms with Crippen LogP contribution in [0.5, 0.6) is 5.75 Å². The van der Waals surface area contributed by atoms with Gasteiger partial charge >= 0.3 is 0 Å². The Labute approximate surface area is 68.0 Å². The lowest BCUT2D eigenvalue weighted by molar-refractivity contribution is 0.411. The van der Waals surface area contributed by atoms with Gasteiger partial charge in [0.2, 0.25) is 0 Å². The van der Waals surface area contributed by atoms with Gasteiger partial charge in [-0.15, -0.1) is 0 Å². The van der Waals surface area contributed by atoms with Gasteiger partial charge in [-0.25, -0.2) is 0 Å². The fourth-order valence-electron chi connectivity index (χ4n) is 1.26. The number of rotatable bonds is 2. The maximum Gasteiger partial charge on any atom is 0.122 e. The van der Waals surface area contributed by atoms with Crippen molar-refractivity contribution in [2.75, 3.05) is 7.11 Å². The molecule has 1 aromatic rings. The monoisotopic (exact) mass is 150 g/mol. The summed E-state index contributed by atoms with van der Waals surface area (Å²) in [7, 11) is 1.71. The van der Waals surface area contributed by atoms with E-state index < -0.39 is 0 Å². The third-order valence-corrected chi connectivity index (χ3v) is 2.00. The van der Waals surface area contributed by atoms with Crippen molar-refractivity contribution in [3.63, 3.8) is 0 Å². The van der Waals surface area contributed by atoms with Crippen molar-refractivity contribution in [1.82, 2.24) is 0 Å². The van der Waals surface area contributed by atoms with E-state index in [-0.39, 0.29) is 0 Å². The normalized spacial score (nSPS) is 9.73. The van der Waals surface area contributed by atoms with Gasteiger partial charge in [0.25, 0.3) is 0 Å². The summed E-state index contributed by atoms with van der Waals surface area (Å²) >= 11 is 0. The Balaban J connectivity index is 3.10.